The third-order valence-corrected chi connectivity index (χ3v) is 5.30. The molecule has 3 atom stereocenters. The number of cyclic esters (lactones) is 1. The van der Waals surface area contributed by atoms with Gasteiger partial charge in [-0.25, -0.2) is 0 Å². The fourth-order valence-electron chi connectivity index (χ4n) is 3.61. The molecule has 0 saturated heterocycles. The molecule has 2 rings (SSSR count). The van der Waals surface area contributed by atoms with Crippen LogP contribution >= 0.6 is 0 Å². The molecule has 192 valence electrons. The van der Waals surface area contributed by atoms with Crippen molar-refractivity contribution in [2.45, 2.75) is 58.2 Å². The fraction of sp³-hybridized carbons (Fsp3) is 0.538. The minimum atomic E-state index is -0.763. The number of nitrogens with one attached hydrogen (secondary N) is 2. The van der Waals surface area contributed by atoms with Crippen molar-refractivity contribution in [3.05, 3.63) is 48.0 Å². The quantitative estimate of drug-likeness (QED) is 0.396. The molecule has 0 bridgehead atoms. The summed E-state index contributed by atoms with van der Waals surface area (Å²) >= 11 is 0. The number of aliphatic hydroxyl groups is 1. The average molecular weight is 489 g/mol. The number of carbonyl (C=O) groups is 4. The normalized spacial score (nSPS) is 22.6. The Kier molecular flexibility index (Phi) is 10.9. The number of benzene rings is 1. The van der Waals surface area contributed by atoms with Crippen LogP contribution in [0, 0.1) is 11.8 Å². The van der Waals surface area contributed by atoms with Gasteiger partial charge in [-0.2, -0.15) is 0 Å². The first-order valence-electron chi connectivity index (χ1n) is 11.9. The lowest BCUT2D eigenvalue weighted by atomic mass is 9.96. The Hall–Kier alpha value is -3.20. The van der Waals surface area contributed by atoms with Crippen molar-refractivity contribution < 1.29 is 33.8 Å². The summed E-state index contributed by atoms with van der Waals surface area (Å²) in [6.45, 7) is 5.22. The molecular weight excluding hydrogens is 452 g/mol. The molecule has 0 aliphatic carbocycles. The molecule has 0 aromatic heterocycles. The number of esters is 2. The van der Waals surface area contributed by atoms with E-state index in [1.807, 2.05) is 6.07 Å². The van der Waals surface area contributed by atoms with Crippen molar-refractivity contribution in [3.8, 4) is 0 Å². The topological polar surface area (TPSA) is 131 Å². The van der Waals surface area contributed by atoms with Gasteiger partial charge in [-0.15, -0.1) is 0 Å². The molecule has 1 aliphatic rings. The van der Waals surface area contributed by atoms with Crippen molar-refractivity contribution in [1.82, 2.24) is 10.6 Å². The van der Waals surface area contributed by atoms with Crippen molar-refractivity contribution in [2.75, 3.05) is 19.7 Å². The minimum Gasteiger partial charge on any atom is -0.460 e. The van der Waals surface area contributed by atoms with Gasteiger partial charge in [-0.3, -0.25) is 19.2 Å². The van der Waals surface area contributed by atoms with Crippen LogP contribution in [0.2, 0.25) is 0 Å². The molecule has 1 aromatic rings. The van der Waals surface area contributed by atoms with E-state index in [1.54, 1.807) is 57.2 Å². The molecule has 0 radical (unpaired) electrons. The molecule has 0 spiro atoms. The molecule has 9 heteroatoms. The summed E-state index contributed by atoms with van der Waals surface area (Å²) in [5, 5.41) is 14.3. The van der Waals surface area contributed by atoms with Gasteiger partial charge in [-0.1, -0.05) is 42.5 Å². The standard InChI is InChI=1S/C26H36N2O7/c1-26(2,3)35-23(31)16-20-12-8-7-11-19(15-22(30)27-13-14-29)24(32)28-17-21(34-25(20)33)18-9-5-4-6-10-18/h4-10,19-21,29H,11-17H2,1-3H3,(H,27,30)(H,28,32)/b8-7-/t19-,20-,21+/m1/s1. The number of aliphatic hydroxyl groups excluding tert-OH is 1. The van der Waals surface area contributed by atoms with Crippen molar-refractivity contribution in [2.24, 2.45) is 11.8 Å². The van der Waals surface area contributed by atoms with Gasteiger partial charge in [0.25, 0.3) is 0 Å². The van der Waals surface area contributed by atoms with Crippen LogP contribution in [-0.2, 0) is 28.7 Å². The summed E-state index contributed by atoms with van der Waals surface area (Å²) < 4.78 is 11.2. The number of carbonyl (C=O) groups excluding carboxylic acids is 4. The van der Waals surface area contributed by atoms with Crippen LogP contribution in [0.4, 0.5) is 0 Å². The molecule has 1 aliphatic heterocycles. The lowest BCUT2D eigenvalue weighted by Crippen LogP contribution is -2.38. The maximum Gasteiger partial charge on any atom is 0.310 e. The van der Waals surface area contributed by atoms with Crippen LogP contribution in [0.1, 0.15) is 58.1 Å². The Morgan fingerprint density at radius 3 is 2.37 bits per heavy atom. The van der Waals surface area contributed by atoms with Gasteiger partial charge in [0.15, 0.2) is 0 Å². The number of rotatable bonds is 7. The lowest BCUT2D eigenvalue weighted by Gasteiger charge is -2.25. The van der Waals surface area contributed by atoms with Crippen molar-refractivity contribution >= 4 is 23.8 Å². The van der Waals surface area contributed by atoms with Crippen LogP contribution in [0.3, 0.4) is 0 Å². The first-order chi connectivity index (χ1) is 16.6. The molecule has 1 heterocycles. The van der Waals surface area contributed by atoms with E-state index in [2.05, 4.69) is 10.6 Å². The highest BCUT2D eigenvalue weighted by atomic mass is 16.6. The van der Waals surface area contributed by atoms with Gasteiger partial charge in [-0.05, 0) is 39.2 Å². The first kappa shape index (κ1) is 28.0. The maximum atomic E-state index is 13.1. The van der Waals surface area contributed by atoms with E-state index in [0.717, 1.165) is 0 Å². The fourth-order valence-corrected chi connectivity index (χ4v) is 3.61. The number of amides is 2. The van der Waals surface area contributed by atoms with E-state index in [-0.39, 0.29) is 57.2 Å². The van der Waals surface area contributed by atoms with Gasteiger partial charge in [0, 0.05) is 13.0 Å². The summed E-state index contributed by atoms with van der Waals surface area (Å²) in [5.74, 6) is -3.12. The molecule has 1 aromatic carbocycles. The molecule has 3 N–H and O–H groups in total. The lowest BCUT2D eigenvalue weighted by molar-refractivity contribution is -0.164. The Balaban J connectivity index is 2.25. The molecule has 0 fully saturated rings. The van der Waals surface area contributed by atoms with Crippen molar-refractivity contribution in [1.29, 1.82) is 0 Å². The SMILES string of the molecule is CC(C)(C)OC(=O)C[C@H]1C/C=C\C[C@H](CC(=O)NCCO)C(=O)NC[C@@H](c2ccccc2)OC1=O. The predicted octanol–water partition coefficient (Wildman–Crippen LogP) is 2.20. The Bertz CT molecular complexity index is 893. The highest BCUT2D eigenvalue weighted by Gasteiger charge is 2.30. The summed E-state index contributed by atoms with van der Waals surface area (Å²) in [5.41, 5.74) is 0.0186. The van der Waals surface area contributed by atoms with Gasteiger partial charge >= 0.3 is 11.9 Å². The van der Waals surface area contributed by atoms with Crippen LogP contribution in [-0.4, -0.2) is 54.2 Å². The molecule has 0 saturated carbocycles. The third kappa shape index (κ3) is 10.3. The minimum absolute atomic E-state index is 0.0201. The van der Waals surface area contributed by atoms with Gasteiger partial charge in [0.1, 0.15) is 11.7 Å². The van der Waals surface area contributed by atoms with E-state index >= 15 is 0 Å². The zero-order valence-electron chi connectivity index (χ0n) is 20.6. The summed E-state index contributed by atoms with van der Waals surface area (Å²) in [7, 11) is 0. The van der Waals surface area contributed by atoms with Crippen LogP contribution in [0.25, 0.3) is 0 Å². The third-order valence-electron chi connectivity index (χ3n) is 5.30. The van der Waals surface area contributed by atoms with Crippen LogP contribution in [0.5, 0.6) is 0 Å². The largest absolute Gasteiger partial charge is 0.460 e. The molecule has 0 unspecified atom stereocenters. The average Bonchev–Trinajstić information content (AvgIpc) is 2.79. The highest BCUT2D eigenvalue weighted by molar-refractivity contribution is 5.86. The Morgan fingerprint density at radius 1 is 1.09 bits per heavy atom. The van der Waals surface area contributed by atoms with E-state index in [9.17, 15) is 19.2 Å². The monoisotopic (exact) mass is 488 g/mol. The molecule has 9 nitrogen and oxygen atoms in total. The number of allylic oxidation sites excluding steroid dienone is 2. The second kappa shape index (κ2) is 13.6. The Labute approximate surface area is 206 Å². The summed E-state index contributed by atoms with van der Waals surface area (Å²) in [6, 6.07) is 9.01. The summed E-state index contributed by atoms with van der Waals surface area (Å²) in [4.78, 5) is 50.5. The summed E-state index contributed by atoms with van der Waals surface area (Å²) in [6.07, 6.45) is 3.01. The zero-order chi connectivity index (χ0) is 25.8. The van der Waals surface area contributed by atoms with Crippen molar-refractivity contribution in [3.63, 3.8) is 0 Å². The number of hydrogen-bond acceptors (Lipinski definition) is 7. The van der Waals surface area contributed by atoms with E-state index < -0.39 is 35.5 Å². The van der Waals surface area contributed by atoms with Gasteiger partial charge in [0.2, 0.25) is 11.8 Å². The predicted molar refractivity (Wildman–Crippen MR) is 129 cm³/mol. The Morgan fingerprint density at radius 2 is 1.74 bits per heavy atom. The second-order valence-electron chi connectivity index (χ2n) is 9.49. The maximum absolute atomic E-state index is 13.1. The molecule has 2 amide bonds. The first-order valence-corrected chi connectivity index (χ1v) is 11.9. The highest BCUT2D eigenvalue weighted by Crippen LogP contribution is 2.24. The zero-order valence-corrected chi connectivity index (χ0v) is 20.6. The van der Waals surface area contributed by atoms with E-state index in [4.69, 9.17) is 14.6 Å². The van der Waals surface area contributed by atoms with E-state index in [0.29, 0.717) is 5.56 Å². The van der Waals surface area contributed by atoms with Gasteiger partial charge < -0.3 is 25.2 Å². The van der Waals surface area contributed by atoms with Gasteiger partial charge in [0.05, 0.1) is 31.4 Å². The molecular formula is C26H36N2O7. The van der Waals surface area contributed by atoms with Crippen LogP contribution in [0.15, 0.2) is 42.5 Å². The smallest absolute Gasteiger partial charge is 0.310 e. The molecule has 35 heavy (non-hydrogen) atoms. The van der Waals surface area contributed by atoms with E-state index in [1.165, 1.54) is 0 Å². The van der Waals surface area contributed by atoms with Crippen LogP contribution < -0.4 is 10.6 Å². The number of ether oxygens (including phenoxy) is 2. The second-order valence-corrected chi connectivity index (χ2v) is 9.49. The number of hydrogen-bond donors (Lipinski definition) is 3.